The normalized spacial score (nSPS) is 10.0. The Morgan fingerprint density at radius 3 is 3.00 bits per heavy atom. The predicted octanol–water partition coefficient (Wildman–Crippen LogP) is 2.38. The van der Waals surface area contributed by atoms with Gasteiger partial charge in [-0.2, -0.15) is 0 Å². The molecule has 1 aromatic heterocycles. The van der Waals surface area contributed by atoms with E-state index in [1.54, 1.807) is 11.3 Å². The molecule has 0 atom stereocenters. The number of aromatic nitrogens is 1. The molecule has 1 heterocycles. The van der Waals surface area contributed by atoms with Crippen LogP contribution in [-0.2, 0) is 0 Å². The van der Waals surface area contributed by atoms with E-state index in [1.165, 1.54) is 12.8 Å². The molecule has 2 nitrogen and oxygen atoms in total. The molecule has 0 unspecified atom stereocenters. The molecule has 62 valence electrons. The third-order valence-electron chi connectivity index (χ3n) is 1.66. The van der Waals surface area contributed by atoms with E-state index in [4.69, 9.17) is 0 Å². The second-order valence-corrected chi connectivity index (χ2v) is 3.34. The molecule has 0 saturated carbocycles. The van der Waals surface area contributed by atoms with Crippen molar-refractivity contribution in [3.8, 4) is 0 Å². The highest BCUT2D eigenvalue weighted by Gasteiger charge is 1.99. The van der Waals surface area contributed by atoms with Gasteiger partial charge in [-0.15, -0.1) is 11.3 Å². The monoisotopic (exact) mass is 170 g/mol. The van der Waals surface area contributed by atoms with Gasteiger partial charge in [0.15, 0.2) is 0 Å². The summed E-state index contributed by atoms with van der Waals surface area (Å²) >= 11 is 1.65. The molecule has 11 heavy (non-hydrogen) atoms. The number of unbranched alkanes of at least 4 members (excludes halogenated alkanes) is 1. The average molecular weight is 170 g/mol. The Hall–Kier alpha value is -0.570. The Kier molecular flexibility index (Phi) is 3.36. The zero-order valence-corrected chi connectivity index (χ0v) is 7.90. The summed E-state index contributed by atoms with van der Waals surface area (Å²) in [4.78, 5) is 6.41. The summed E-state index contributed by atoms with van der Waals surface area (Å²) in [6.07, 6.45) is 2.49. The molecule has 0 N–H and O–H groups in total. The van der Waals surface area contributed by atoms with Crippen molar-refractivity contribution in [2.75, 3.05) is 18.5 Å². The van der Waals surface area contributed by atoms with E-state index < -0.39 is 0 Å². The molecule has 0 radical (unpaired) electrons. The topological polar surface area (TPSA) is 16.1 Å². The highest BCUT2D eigenvalue weighted by molar-refractivity contribution is 7.07. The molecule has 0 fully saturated rings. The molecule has 0 bridgehead atoms. The van der Waals surface area contributed by atoms with Gasteiger partial charge in [0.2, 0.25) is 0 Å². The minimum absolute atomic E-state index is 1.10. The van der Waals surface area contributed by atoms with Crippen molar-refractivity contribution in [3.05, 3.63) is 10.9 Å². The molecule has 0 aliphatic carbocycles. The van der Waals surface area contributed by atoms with Gasteiger partial charge in [-0.25, -0.2) is 4.98 Å². The van der Waals surface area contributed by atoms with Gasteiger partial charge in [0.25, 0.3) is 0 Å². The zero-order valence-electron chi connectivity index (χ0n) is 7.08. The molecule has 3 heteroatoms. The minimum Gasteiger partial charge on any atom is -0.359 e. The first-order valence-electron chi connectivity index (χ1n) is 3.94. The second kappa shape index (κ2) is 4.34. The Bertz CT molecular complexity index is 184. The molecule has 0 aliphatic heterocycles. The largest absolute Gasteiger partial charge is 0.359 e. The van der Waals surface area contributed by atoms with Gasteiger partial charge in [0, 0.05) is 19.0 Å². The van der Waals surface area contributed by atoms with Gasteiger partial charge < -0.3 is 4.90 Å². The number of rotatable bonds is 4. The lowest BCUT2D eigenvalue weighted by atomic mass is 10.3. The van der Waals surface area contributed by atoms with Gasteiger partial charge in [0.05, 0.1) is 5.51 Å². The van der Waals surface area contributed by atoms with E-state index in [-0.39, 0.29) is 0 Å². The minimum atomic E-state index is 1.10. The first-order valence-corrected chi connectivity index (χ1v) is 4.88. The molecule has 0 aromatic carbocycles. The molecule has 0 amide bonds. The standard InChI is InChI=1S/C8H14N2S/c1-3-4-5-10(2)8-6-11-7-9-8/h6-7H,3-5H2,1-2H3. The maximum Gasteiger partial charge on any atom is 0.139 e. The molecule has 1 rings (SSSR count). The van der Waals surface area contributed by atoms with Crippen LogP contribution in [0.5, 0.6) is 0 Å². The van der Waals surface area contributed by atoms with Crippen LogP contribution in [-0.4, -0.2) is 18.6 Å². The highest BCUT2D eigenvalue weighted by atomic mass is 32.1. The quantitative estimate of drug-likeness (QED) is 0.689. The molecule has 0 spiro atoms. The van der Waals surface area contributed by atoms with Crippen LogP contribution in [0.25, 0.3) is 0 Å². The lowest BCUT2D eigenvalue weighted by Crippen LogP contribution is -2.18. The summed E-state index contributed by atoms with van der Waals surface area (Å²) in [5, 5.41) is 2.08. The molecule has 1 aromatic rings. The van der Waals surface area contributed by atoms with Crippen molar-refractivity contribution in [1.82, 2.24) is 4.98 Å². The average Bonchev–Trinajstić information content (AvgIpc) is 2.52. The van der Waals surface area contributed by atoms with Gasteiger partial charge in [-0.05, 0) is 6.42 Å². The van der Waals surface area contributed by atoms with E-state index in [0.29, 0.717) is 0 Å². The molecular formula is C8H14N2S. The van der Waals surface area contributed by atoms with Crippen LogP contribution in [0.3, 0.4) is 0 Å². The molecule has 0 saturated heterocycles. The third-order valence-corrected chi connectivity index (χ3v) is 2.23. The van der Waals surface area contributed by atoms with Crippen molar-refractivity contribution in [3.63, 3.8) is 0 Å². The van der Waals surface area contributed by atoms with Crippen molar-refractivity contribution in [2.45, 2.75) is 19.8 Å². The van der Waals surface area contributed by atoms with E-state index in [1.807, 2.05) is 5.51 Å². The van der Waals surface area contributed by atoms with Crippen LogP contribution in [0.1, 0.15) is 19.8 Å². The summed E-state index contributed by atoms with van der Waals surface area (Å²) in [6.45, 7) is 3.31. The lowest BCUT2D eigenvalue weighted by molar-refractivity contribution is 0.761. The Labute approximate surface area is 71.9 Å². The molecule has 0 aliphatic rings. The summed E-state index contributed by atoms with van der Waals surface area (Å²) in [6, 6.07) is 0. The van der Waals surface area contributed by atoms with Gasteiger partial charge in [-0.3, -0.25) is 0 Å². The van der Waals surface area contributed by atoms with Crippen molar-refractivity contribution >= 4 is 17.2 Å². The van der Waals surface area contributed by atoms with Crippen LogP contribution in [0.2, 0.25) is 0 Å². The first-order chi connectivity index (χ1) is 5.34. The number of anilines is 1. The maximum atomic E-state index is 4.21. The second-order valence-electron chi connectivity index (χ2n) is 2.62. The van der Waals surface area contributed by atoms with E-state index >= 15 is 0 Å². The van der Waals surface area contributed by atoms with E-state index in [2.05, 4.69) is 29.2 Å². The van der Waals surface area contributed by atoms with Gasteiger partial charge in [0.1, 0.15) is 5.82 Å². The third kappa shape index (κ3) is 2.50. The summed E-state index contributed by atoms with van der Waals surface area (Å²) in [7, 11) is 2.09. The number of hydrogen-bond acceptors (Lipinski definition) is 3. The molecular weight excluding hydrogens is 156 g/mol. The summed E-state index contributed by atoms with van der Waals surface area (Å²) < 4.78 is 0. The van der Waals surface area contributed by atoms with Gasteiger partial charge in [-0.1, -0.05) is 13.3 Å². The van der Waals surface area contributed by atoms with Gasteiger partial charge >= 0.3 is 0 Å². The fourth-order valence-corrected chi connectivity index (χ4v) is 1.50. The van der Waals surface area contributed by atoms with Crippen molar-refractivity contribution in [1.29, 1.82) is 0 Å². The highest BCUT2D eigenvalue weighted by Crippen LogP contribution is 2.11. The smallest absolute Gasteiger partial charge is 0.139 e. The van der Waals surface area contributed by atoms with E-state index in [0.717, 1.165) is 12.4 Å². The van der Waals surface area contributed by atoms with Crippen LogP contribution >= 0.6 is 11.3 Å². The number of nitrogens with zero attached hydrogens (tertiary/aromatic N) is 2. The predicted molar refractivity (Wildman–Crippen MR) is 50.3 cm³/mol. The van der Waals surface area contributed by atoms with Crippen LogP contribution in [0.4, 0.5) is 5.82 Å². The van der Waals surface area contributed by atoms with Crippen molar-refractivity contribution in [2.24, 2.45) is 0 Å². The SMILES string of the molecule is CCCCN(C)c1cscn1. The van der Waals surface area contributed by atoms with Crippen molar-refractivity contribution < 1.29 is 0 Å². The Balaban J connectivity index is 2.36. The zero-order chi connectivity index (χ0) is 8.10. The maximum absolute atomic E-state index is 4.21. The first kappa shape index (κ1) is 8.53. The number of thiazole rings is 1. The van der Waals surface area contributed by atoms with E-state index in [9.17, 15) is 0 Å². The van der Waals surface area contributed by atoms with Crippen LogP contribution in [0, 0.1) is 0 Å². The fourth-order valence-electron chi connectivity index (χ4n) is 0.905. The fraction of sp³-hybridized carbons (Fsp3) is 0.625. The Morgan fingerprint density at radius 1 is 1.64 bits per heavy atom. The summed E-state index contributed by atoms with van der Waals surface area (Å²) in [5.41, 5.74) is 1.87. The van der Waals surface area contributed by atoms with Crippen LogP contribution in [0.15, 0.2) is 10.9 Å². The van der Waals surface area contributed by atoms with Crippen LogP contribution < -0.4 is 4.90 Å². The Morgan fingerprint density at radius 2 is 2.45 bits per heavy atom. The lowest BCUT2D eigenvalue weighted by Gasteiger charge is -2.14. The number of hydrogen-bond donors (Lipinski definition) is 0. The summed E-state index contributed by atoms with van der Waals surface area (Å²) in [5.74, 6) is 1.10.